The van der Waals surface area contributed by atoms with E-state index in [0.717, 1.165) is 24.0 Å². The van der Waals surface area contributed by atoms with Gasteiger partial charge in [-0.15, -0.1) is 0 Å². The van der Waals surface area contributed by atoms with Crippen molar-refractivity contribution >= 4 is 17.0 Å². The number of benzene rings is 2. The molecule has 4 N–H and O–H groups in total. The van der Waals surface area contributed by atoms with Crippen LogP contribution in [-0.4, -0.2) is 32.7 Å². The van der Waals surface area contributed by atoms with Crippen LogP contribution in [0.15, 0.2) is 53.3 Å². The van der Waals surface area contributed by atoms with E-state index < -0.39 is 0 Å². The molecule has 4 rings (SSSR count). The van der Waals surface area contributed by atoms with E-state index in [2.05, 4.69) is 33.3 Å². The Labute approximate surface area is 208 Å². The molecule has 0 atom stereocenters. The second kappa shape index (κ2) is 11.9. The Morgan fingerprint density at radius 2 is 1.89 bits per heavy atom. The van der Waals surface area contributed by atoms with E-state index in [4.69, 9.17) is 20.5 Å². The van der Waals surface area contributed by atoms with Crippen molar-refractivity contribution in [2.75, 3.05) is 18.9 Å². The SMILES string of the molecule is CCCCOc1nc(N)c2[nH]c(=O)n(Cc3cccc(Oc4cccc(CNCCC#N)c4)c3)c2n1. The fraction of sp³-hybridized carbons (Fsp3) is 0.308. The normalized spacial score (nSPS) is 10.9. The fourth-order valence-electron chi connectivity index (χ4n) is 3.67. The number of hydrogen-bond donors (Lipinski definition) is 3. The quantitative estimate of drug-likeness (QED) is 0.257. The van der Waals surface area contributed by atoms with Crippen molar-refractivity contribution < 1.29 is 9.47 Å². The summed E-state index contributed by atoms with van der Waals surface area (Å²) in [6.45, 7) is 4.10. The number of nitrogens with two attached hydrogens (primary N) is 1. The average Bonchev–Trinajstić information content (AvgIpc) is 3.18. The van der Waals surface area contributed by atoms with Crippen LogP contribution in [0.1, 0.15) is 37.3 Å². The number of H-pyrrole nitrogens is 1. The number of imidazole rings is 1. The van der Waals surface area contributed by atoms with Crippen molar-refractivity contribution in [3.05, 3.63) is 70.1 Å². The highest BCUT2D eigenvalue weighted by molar-refractivity contribution is 5.81. The van der Waals surface area contributed by atoms with Crippen LogP contribution in [0.3, 0.4) is 0 Å². The summed E-state index contributed by atoms with van der Waals surface area (Å²) < 4.78 is 13.2. The lowest BCUT2D eigenvalue weighted by molar-refractivity contribution is 0.286. The van der Waals surface area contributed by atoms with Crippen molar-refractivity contribution in [3.8, 4) is 23.6 Å². The second-order valence-electron chi connectivity index (χ2n) is 8.29. The Bertz CT molecular complexity index is 1420. The lowest BCUT2D eigenvalue weighted by atomic mass is 10.2. The van der Waals surface area contributed by atoms with Crippen molar-refractivity contribution in [1.29, 1.82) is 5.26 Å². The number of nitrogens with one attached hydrogen (secondary N) is 2. The molecular formula is C26H29N7O3. The third-order valence-electron chi connectivity index (χ3n) is 5.48. The minimum absolute atomic E-state index is 0.153. The predicted molar refractivity (Wildman–Crippen MR) is 137 cm³/mol. The van der Waals surface area contributed by atoms with Crippen LogP contribution in [0.2, 0.25) is 0 Å². The van der Waals surface area contributed by atoms with Crippen molar-refractivity contribution in [3.63, 3.8) is 0 Å². The first-order valence-corrected chi connectivity index (χ1v) is 11.9. The molecule has 10 heteroatoms. The molecule has 10 nitrogen and oxygen atoms in total. The van der Waals surface area contributed by atoms with E-state index in [0.29, 0.717) is 48.8 Å². The molecule has 0 fully saturated rings. The molecule has 36 heavy (non-hydrogen) atoms. The molecular weight excluding hydrogens is 458 g/mol. The van der Waals surface area contributed by atoms with Crippen LogP contribution in [0.5, 0.6) is 17.5 Å². The summed E-state index contributed by atoms with van der Waals surface area (Å²) in [6.07, 6.45) is 2.32. The highest BCUT2D eigenvalue weighted by atomic mass is 16.5. The van der Waals surface area contributed by atoms with E-state index in [1.165, 1.54) is 4.57 Å². The Kier molecular flexibility index (Phi) is 8.16. The van der Waals surface area contributed by atoms with Gasteiger partial charge in [0.05, 0.1) is 19.2 Å². The van der Waals surface area contributed by atoms with Gasteiger partial charge in [0.2, 0.25) is 0 Å². The molecule has 0 saturated heterocycles. The number of nitrogen functional groups attached to an aromatic ring is 1. The van der Waals surface area contributed by atoms with Crippen molar-refractivity contribution in [1.82, 2.24) is 24.8 Å². The summed E-state index contributed by atoms with van der Waals surface area (Å²) in [5.74, 6) is 1.51. The zero-order valence-corrected chi connectivity index (χ0v) is 20.2. The number of aromatic amines is 1. The van der Waals surface area contributed by atoms with Gasteiger partial charge < -0.3 is 25.5 Å². The Balaban J connectivity index is 1.51. The molecule has 0 saturated carbocycles. The van der Waals surface area contributed by atoms with Gasteiger partial charge in [0.25, 0.3) is 0 Å². The molecule has 2 aromatic carbocycles. The number of nitrogens with zero attached hydrogens (tertiary/aromatic N) is 4. The first kappa shape index (κ1) is 24.8. The van der Waals surface area contributed by atoms with E-state index in [1.54, 1.807) is 0 Å². The molecule has 186 valence electrons. The molecule has 0 spiro atoms. The highest BCUT2D eigenvalue weighted by Crippen LogP contribution is 2.24. The van der Waals surface area contributed by atoms with Crippen molar-refractivity contribution in [2.24, 2.45) is 0 Å². The zero-order valence-electron chi connectivity index (χ0n) is 20.2. The van der Waals surface area contributed by atoms with Gasteiger partial charge in [-0.25, -0.2) is 4.79 Å². The maximum Gasteiger partial charge on any atom is 0.328 e. The number of anilines is 1. The number of unbranched alkanes of at least 4 members (excludes halogenated alkanes) is 1. The number of hydrogen-bond acceptors (Lipinski definition) is 8. The standard InChI is InChI=1S/C26H29N7O3/c1-2-3-13-35-25-31-23(28)22-24(32-25)33(26(34)30-22)17-19-8-5-10-21(15-19)36-20-9-4-7-18(14-20)16-29-12-6-11-27/h4-5,7-10,14-15,29H,2-3,6,12-13,16-17H2,1H3,(H,30,34)(H2,28,31,32). The van der Waals surface area contributed by atoms with Gasteiger partial charge in [0.15, 0.2) is 11.5 Å². The molecule has 0 unspecified atom stereocenters. The summed E-state index contributed by atoms with van der Waals surface area (Å²) in [5, 5.41) is 11.9. The van der Waals surface area contributed by atoms with Gasteiger partial charge in [0, 0.05) is 19.5 Å². The topological polar surface area (TPSA) is 144 Å². The van der Waals surface area contributed by atoms with E-state index in [1.807, 2.05) is 48.5 Å². The maximum absolute atomic E-state index is 12.7. The minimum Gasteiger partial charge on any atom is -0.463 e. The average molecular weight is 488 g/mol. The molecule has 2 aromatic heterocycles. The van der Waals surface area contributed by atoms with Gasteiger partial charge >= 0.3 is 11.7 Å². The van der Waals surface area contributed by atoms with Gasteiger partial charge in [-0.3, -0.25) is 4.57 Å². The first-order chi connectivity index (χ1) is 17.6. The van der Waals surface area contributed by atoms with Crippen LogP contribution in [0.25, 0.3) is 11.2 Å². The lowest BCUT2D eigenvalue weighted by Crippen LogP contribution is -2.17. The molecule has 2 heterocycles. The van der Waals surface area contributed by atoms with Crippen LogP contribution in [0, 0.1) is 11.3 Å². The summed E-state index contributed by atoms with van der Waals surface area (Å²) in [7, 11) is 0. The summed E-state index contributed by atoms with van der Waals surface area (Å²) in [6, 6.07) is 17.6. The number of ether oxygens (including phenoxy) is 2. The Hall–Kier alpha value is -4.36. The monoisotopic (exact) mass is 487 g/mol. The van der Waals surface area contributed by atoms with Crippen LogP contribution in [0.4, 0.5) is 5.82 Å². The van der Waals surface area contributed by atoms with Crippen LogP contribution >= 0.6 is 0 Å². The smallest absolute Gasteiger partial charge is 0.328 e. The third kappa shape index (κ3) is 6.20. The van der Waals surface area contributed by atoms with E-state index in [-0.39, 0.29) is 24.1 Å². The molecule has 0 bridgehead atoms. The van der Waals surface area contributed by atoms with Crippen LogP contribution < -0.4 is 26.2 Å². The summed E-state index contributed by atoms with van der Waals surface area (Å²) in [5.41, 5.74) is 8.41. The highest BCUT2D eigenvalue weighted by Gasteiger charge is 2.15. The van der Waals surface area contributed by atoms with Gasteiger partial charge in [0.1, 0.15) is 17.0 Å². The fourth-order valence-corrected chi connectivity index (χ4v) is 3.67. The maximum atomic E-state index is 12.7. The second-order valence-corrected chi connectivity index (χ2v) is 8.29. The molecule has 0 amide bonds. The first-order valence-electron chi connectivity index (χ1n) is 11.9. The lowest BCUT2D eigenvalue weighted by Gasteiger charge is -2.10. The Morgan fingerprint density at radius 1 is 1.14 bits per heavy atom. The van der Waals surface area contributed by atoms with Crippen molar-refractivity contribution in [2.45, 2.75) is 39.3 Å². The molecule has 0 aliphatic rings. The van der Waals surface area contributed by atoms with Gasteiger partial charge in [-0.2, -0.15) is 15.2 Å². The van der Waals surface area contributed by atoms with E-state index >= 15 is 0 Å². The summed E-state index contributed by atoms with van der Waals surface area (Å²) >= 11 is 0. The summed E-state index contributed by atoms with van der Waals surface area (Å²) in [4.78, 5) is 24.0. The molecule has 0 radical (unpaired) electrons. The predicted octanol–water partition coefficient (Wildman–Crippen LogP) is 3.72. The molecule has 0 aliphatic heterocycles. The minimum atomic E-state index is -0.334. The van der Waals surface area contributed by atoms with Crippen LogP contribution in [-0.2, 0) is 13.1 Å². The molecule has 0 aliphatic carbocycles. The number of fused-ring (bicyclic) bond motifs is 1. The Morgan fingerprint density at radius 3 is 2.64 bits per heavy atom. The number of nitriles is 1. The zero-order chi connectivity index (χ0) is 25.3. The number of aromatic nitrogens is 4. The number of rotatable bonds is 12. The van der Waals surface area contributed by atoms with Gasteiger partial charge in [-0.1, -0.05) is 37.6 Å². The van der Waals surface area contributed by atoms with Gasteiger partial charge in [-0.05, 0) is 41.8 Å². The molecule has 4 aromatic rings. The largest absolute Gasteiger partial charge is 0.463 e. The third-order valence-corrected chi connectivity index (χ3v) is 5.48. The van der Waals surface area contributed by atoms with E-state index in [9.17, 15) is 4.79 Å².